The first kappa shape index (κ1) is 27.5. The summed E-state index contributed by atoms with van der Waals surface area (Å²) in [5.74, 6) is 0. The van der Waals surface area contributed by atoms with Crippen LogP contribution in [0.4, 0.5) is 17.1 Å². The van der Waals surface area contributed by atoms with Gasteiger partial charge >= 0.3 is 0 Å². The zero-order valence-electron chi connectivity index (χ0n) is 26.5. The summed E-state index contributed by atoms with van der Waals surface area (Å²) < 4.78 is 12.7. The van der Waals surface area contributed by atoms with Gasteiger partial charge in [0, 0.05) is 50.7 Å². The molecular formula is C46H29NO2. The fourth-order valence-electron chi connectivity index (χ4n) is 7.38. The van der Waals surface area contributed by atoms with E-state index in [4.69, 9.17) is 8.83 Å². The lowest BCUT2D eigenvalue weighted by molar-refractivity contribution is 0.669. The van der Waals surface area contributed by atoms with E-state index in [0.29, 0.717) is 0 Å². The highest BCUT2D eigenvalue weighted by atomic mass is 16.3. The van der Waals surface area contributed by atoms with Crippen LogP contribution in [0.1, 0.15) is 0 Å². The van der Waals surface area contributed by atoms with E-state index in [1.54, 1.807) is 0 Å². The molecule has 10 rings (SSSR count). The van der Waals surface area contributed by atoms with E-state index in [2.05, 4.69) is 157 Å². The summed E-state index contributed by atoms with van der Waals surface area (Å²) in [5, 5.41) is 6.93. The molecule has 0 amide bonds. The Morgan fingerprint density at radius 1 is 0.327 bits per heavy atom. The van der Waals surface area contributed by atoms with Crippen LogP contribution >= 0.6 is 0 Å². The molecule has 0 saturated heterocycles. The van der Waals surface area contributed by atoms with E-state index in [9.17, 15) is 0 Å². The van der Waals surface area contributed by atoms with Crippen LogP contribution in [0.5, 0.6) is 0 Å². The third-order valence-corrected chi connectivity index (χ3v) is 9.67. The largest absolute Gasteiger partial charge is 0.456 e. The fourth-order valence-corrected chi connectivity index (χ4v) is 7.38. The number of furan rings is 2. The van der Waals surface area contributed by atoms with Crippen molar-refractivity contribution in [3.63, 3.8) is 0 Å². The molecule has 0 unspecified atom stereocenters. The molecule has 0 aliphatic heterocycles. The van der Waals surface area contributed by atoms with Gasteiger partial charge < -0.3 is 13.7 Å². The Balaban J connectivity index is 1.14. The Kier molecular flexibility index (Phi) is 6.18. The molecule has 0 radical (unpaired) electrons. The van der Waals surface area contributed by atoms with Crippen LogP contribution in [0.25, 0.3) is 76.9 Å². The van der Waals surface area contributed by atoms with Gasteiger partial charge in [0.05, 0.1) is 0 Å². The molecule has 10 aromatic rings. The number of nitrogens with zero attached hydrogens (tertiary/aromatic N) is 1. The molecule has 3 heteroatoms. The molecule has 2 heterocycles. The van der Waals surface area contributed by atoms with Gasteiger partial charge in [-0.15, -0.1) is 0 Å². The number of hydrogen-bond acceptors (Lipinski definition) is 3. The van der Waals surface area contributed by atoms with Crippen molar-refractivity contribution in [2.45, 2.75) is 0 Å². The summed E-state index contributed by atoms with van der Waals surface area (Å²) in [7, 11) is 0. The molecule has 0 fully saturated rings. The second kappa shape index (κ2) is 11.0. The van der Waals surface area contributed by atoms with E-state index in [-0.39, 0.29) is 0 Å². The summed E-state index contributed by atoms with van der Waals surface area (Å²) in [4.78, 5) is 2.28. The number of fused-ring (bicyclic) bond motifs is 7. The molecule has 2 aromatic heterocycles. The number of rotatable bonds is 5. The van der Waals surface area contributed by atoms with Gasteiger partial charge in [-0.05, 0) is 81.6 Å². The molecule has 49 heavy (non-hydrogen) atoms. The Hall–Kier alpha value is -6.58. The second-order valence-electron chi connectivity index (χ2n) is 12.5. The lowest BCUT2D eigenvalue weighted by Gasteiger charge is -2.25. The maximum Gasteiger partial charge on any atom is 0.137 e. The molecule has 0 bridgehead atoms. The normalized spacial score (nSPS) is 11.7. The smallest absolute Gasteiger partial charge is 0.137 e. The summed E-state index contributed by atoms with van der Waals surface area (Å²) in [6.45, 7) is 0. The molecule has 0 aliphatic carbocycles. The lowest BCUT2D eigenvalue weighted by atomic mass is 9.91. The average Bonchev–Trinajstić information content (AvgIpc) is 3.73. The van der Waals surface area contributed by atoms with Crippen molar-refractivity contribution in [2.75, 3.05) is 4.90 Å². The first-order chi connectivity index (χ1) is 24.3. The Bertz CT molecular complexity index is 2710. The van der Waals surface area contributed by atoms with E-state index in [1.807, 2.05) is 24.3 Å². The number of hydrogen-bond donors (Lipinski definition) is 0. The van der Waals surface area contributed by atoms with E-state index < -0.39 is 0 Å². The number of benzene rings is 8. The van der Waals surface area contributed by atoms with Gasteiger partial charge in [-0.3, -0.25) is 0 Å². The summed E-state index contributed by atoms with van der Waals surface area (Å²) in [6.07, 6.45) is 0. The predicted molar refractivity (Wildman–Crippen MR) is 204 cm³/mol. The topological polar surface area (TPSA) is 29.5 Å². The third-order valence-electron chi connectivity index (χ3n) is 9.67. The molecule has 0 N–H and O–H groups in total. The highest BCUT2D eigenvalue weighted by molar-refractivity contribution is 6.09. The Morgan fingerprint density at radius 3 is 1.37 bits per heavy atom. The van der Waals surface area contributed by atoms with Gasteiger partial charge in [0.25, 0.3) is 0 Å². The van der Waals surface area contributed by atoms with Crippen molar-refractivity contribution < 1.29 is 8.83 Å². The third kappa shape index (κ3) is 4.51. The van der Waals surface area contributed by atoms with Gasteiger partial charge in [0.2, 0.25) is 0 Å². The van der Waals surface area contributed by atoms with Gasteiger partial charge in [0.15, 0.2) is 0 Å². The van der Waals surface area contributed by atoms with Crippen LogP contribution < -0.4 is 4.90 Å². The Morgan fingerprint density at radius 2 is 0.796 bits per heavy atom. The minimum Gasteiger partial charge on any atom is -0.456 e. The first-order valence-electron chi connectivity index (χ1n) is 16.6. The minimum atomic E-state index is 0.856. The molecule has 0 spiro atoms. The van der Waals surface area contributed by atoms with Crippen molar-refractivity contribution in [3.05, 3.63) is 176 Å². The predicted octanol–water partition coefficient (Wildman–Crippen LogP) is 13.4. The maximum absolute atomic E-state index is 6.35. The first-order valence-corrected chi connectivity index (χ1v) is 16.6. The summed E-state index contributed by atoms with van der Waals surface area (Å²) in [5.41, 5.74) is 11.4. The van der Waals surface area contributed by atoms with Crippen LogP contribution in [0.2, 0.25) is 0 Å². The van der Waals surface area contributed by atoms with Crippen LogP contribution in [0.3, 0.4) is 0 Å². The maximum atomic E-state index is 6.35. The molecule has 8 aromatic carbocycles. The number of anilines is 3. The Labute approximate surface area is 282 Å². The SMILES string of the molecule is c1ccc(-c2cccc3cccc(-c4ccc(N(c5ccc6c(c5)oc5ccccc56)c5ccc6c(c5)oc5ccccc56)cc4)c23)cc1. The zero-order valence-corrected chi connectivity index (χ0v) is 26.5. The molecule has 0 aliphatic rings. The minimum absolute atomic E-state index is 0.856. The van der Waals surface area contributed by atoms with Crippen LogP contribution in [0, 0.1) is 0 Å². The van der Waals surface area contributed by atoms with Crippen LogP contribution in [0.15, 0.2) is 185 Å². The van der Waals surface area contributed by atoms with Gasteiger partial charge in [-0.25, -0.2) is 0 Å². The quantitative estimate of drug-likeness (QED) is 0.190. The lowest BCUT2D eigenvalue weighted by Crippen LogP contribution is -2.09. The molecule has 3 nitrogen and oxygen atoms in total. The average molecular weight is 628 g/mol. The van der Waals surface area contributed by atoms with Crippen molar-refractivity contribution in [2.24, 2.45) is 0 Å². The molecule has 230 valence electrons. The second-order valence-corrected chi connectivity index (χ2v) is 12.5. The standard InChI is InChI=1S/C46H29NO2/c1-2-10-30(11-3-1)36-16-8-12-32-13-9-17-37(46(32)36)31-20-22-33(23-21-31)47(34-24-26-40-38-14-4-6-18-42(38)48-44(40)28-34)35-25-27-41-39-15-5-7-19-43(39)49-45(41)29-35/h1-29H. The number of para-hydroxylation sites is 2. The monoisotopic (exact) mass is 627 g/mol. The summed E-state index contributed by atoms with van der Waals surface area (Å²) in [6, 6.07) is 62.1. The van der Waals surface area contributed by atoms with Crippen molar-refractivity contribution >= 4 is 71.7 Å². The van der Waals surface area contributed by atoms with Crippen molar-refractivity contribution in [3.8, 4) is 22.3 Å². The molecule has 0 saturated carbocycles. The van der Waals surface area contributed by atoms with Crippen molar-refractivity contribution in [1.29, 1.82) is 0 Å². The highest BCUT2D eigenvalue weighted by Gasteiger charge is 2.18. The highest BCUT2D eigenvalue weighted by Crippen LogP contribution is 2.42. The molecule has 0 atom stereocenters. The van der Waals surface area contributed by atoms with Crippen LogP contribution in [-0.2, 0) is 0 Å². The zero-order chi connectivity index (χ0) is 32.3. The van der Waals surface area contributed by atoms with Gasteiger partial charge in [0.1, 0.15) is 22.3 Å². The van der Waals surface area contributed by atoms with E-state index in [1.165, 1.54) is 27.5 Å². The van der Waals surface area contributed by atoms with Gasteiger partial charge in [-0.1, -0.05) is 115 Å². The van der Waals surface area contributed by atoms with E-state index >= 15 is 0 Å². The van der Waals surface area contributed by atoms with Crippen LogP contribution in [-0.4, -0.2) is 0 Å². The van der Waals surface area contributed by atoms with Crippen molar-refractivity contribution in [1.82, 2.24) is 0 Å². The van der Waals surface area contributed by atoms with E-state index in [0.717, 1.165) is 66.5 Å². The molecular weight excluding hydrogens is 599 g/mol. The summed E-state index contributed by atoms with van der Waals surface area (Å²) >= 11 is 0. The fraction of sp³-hybridized carbons (Fsp3) is 0. The van der Waals surface area contributed by atoms with Gasteiger partial charge in [-0.2, -0.15) is 0 Å².